The van der Waals surface area contributed by atoms with Crippen LogP contribution in [0.25, 0.3) is 0 Å². The van der Waals surface area contributed by atoms with Crippen LogP contribution in [0, 0.1) is 0 Å². The molecule has 0 aliphatic rings. The van der Waals surface area contributed by atoms with Crippen LogP contribution in [0.3, 0.4) is 0 Å². The Balaban J connectivity index is 2.20. The van der Waals surface area contributed by atoms with Crippen LogP contribution in [-0.2, 0) is 13.2 Å². The average Bonchev–Trinajstić information content (AvgIpc) is 2.40. The summed E-state index contributed by atoms with van der Waals surface area (Å²) in [6, 6.07) is 9.01. The van der Waals surface area contributed by atoms with Crippen LogP contribution in [0.15, 0.2) is 39.3 Å². The SMILES string of the molecule is OCc1cc(Br)cc(Br)c1OCc1ccc(Cl)c(Cl)c1. The number of hydrogen-bond donors (Lipinski definition) is 1. The van der Waals surface area contributed by atoms with Gasteiger partial charge in [-0.15, -0.1) is 0 Å². The quantitative estimate of drug-likeness (QED) is 0.671. The average molecular weight is 441 g/mol. The molecule has 0 heterocycles. The number of rotatable bonds is 4. The Hall–Kier alpha value is -0.260. The standard InChI is InChI=1S/C14H10Br2Cl2O2/c15-10-4-9(6-19)14(11(16)5-10)20-7-8-1-2-12(17)13(18)3-8/h1-5,19H,6-7H2. The van der Waals surface area contributed by atoms with Crippen molar-refractivity contribution in [2.75, 3.05) is 0 Å². The van der Waals surface area contributed by atoms with Gasteiger partial charge >= 0.3 is 0 Å². The number of ether oxygens (including phenoxy) is 1. The third kappa shape index (κ3) is 3.89. The highest BCUT2D eigenvalue weighted by molar-refractivity contribution is 9.11. The van der Waals surface area contributed by atoms with Crippen LogP contribution in [-0.4, -0.2) is 5.11 Å². The van der Waals surface area contributed by atoms with Crippen molar-refractivity contribution in [1.29, 1.82) is 0 Å². The minimum absolute atomic E-state index is 0.102. The normalized spacial score (nSPS) is 10.7. The number of hydrogen-bond acceptors (Lipinski definition) is 2. The first kappa shape index (κ1) is 16.1. The van der Waals surface area contributed by atoms with Crippen molar-refractivity contribution >= 4 is 55.1 Å². The van der Waals surface area contributed by atoms with Crippen molar-refractivity contribution in [3.05, 3.63) is 60.4 Å². The fraction of sp³-hybridized carbons (Fsp3) is 0.143. The largest absolute Gasteiger partial charge is 0.487 e. The zero-order valence-electron chi connectivity index (χ0n) is 10.2. The second-order valence-corrected chi connectivity index (χ2v) is 6.66. The lowest BCUT2D eigenvalue weighted by Crippen LogP contribution is -2.00. The summed E-state index contributed by atoms with van der Waals surface area (Å²) in [7, 11) is 0. The molecule has 2 aromatic rings. The zero-order chi connectivity index (χ0) is 14.7. The van der Waals surface area contributed by atoms with Gasteiger partial charge in [0, 0.05) is 10.0 Å². The van der Waals surface area contributed by atoms with E-state index in [1.54, 1.807) is 12.1 Å². The summed E-state index contributed by atoms with van der Waals surface area (Å²) in [4.78, 5) is 0. The first-order valence-electron chi connectivity index (χ1n) is 5.66. The van der Waals surface area contributed by atoms with E-state index in [1.165, 1.54) is 0 Å². The second-order valence-electron chi connectivity index (χ2n) is 4.07. The fourth-order valence-corrected chi connectivity index (χ4v) is 3.43. The Morgan fingerprint density at radius 2 is 1.80 bits per heavy atom. The summed E-state index contributed by atoms with van der Waals surface area (Å²) in [5.41, 5.74) is 1.60. The summed E-state index contributed by atoms with van der Waals surface area (Å²) in [6.45, 7) is 0.235. The molecule has 0 atom stereocenters. The van der Waals surface area contributed by atoms with Crippen molar-refractivity contribution in [2.24, 2.45) is 0 Å². The Kier molecular flexibility index (Phi) is 5.75. The lowest BCUT2D eigenvalue weighted by Gasteiger charge is -2.13. The van der Waals surface area contributed by atoms with Gasteiger partial charge in [0.05, 0.1) is 21.1 Å². The van der Waals surface area contributed by atoms with Crippen LogP contribution in [0.1, 0.15) is 11.1 Å². The Morgan fingerprint density at radius 1 is 1.05 bits per heavy atom. The first-order chi connectivity index (χ1) is 9.51. The molecule has 0 spiro atoms. The molecule has 0 fully saturated rings. The predicted octanol–water partition coefficient (Wildman–Crippen LogP) is 5.59. The molecule has 2 rings (SSSR count). The molecule has 0 aliphatic heterocycles. The van der Waals surface area contributed by atoms with Gasteiger partial charge in [-0.25, -0.2) is 0 Å². The van der Waals surface area contributed by atoms with Crippen LogP contribution in [0.5, 0.6) is 5.75 Å². The smallest absolute Gasteiger partial charge is 0.139 e. The monoisotopic (exact) mass is 438 g/mol. The van der Waals surface area contributed by atoms with E-state index in [0.29, 0.717) is 28.0 Å². The molecule has 0 radical (unpaired) electrons. The van der Waals surface area contributed by atoms with Crippen LogP contribution in [0.4, 0.5) is 0 Å². The highest BCUT2D eigenvalue weighted by atomic mass is 79.9. The first-order valence-corrected chi connectivity index (χ1v) is 8.01. The van der Waals surface area contributed by atoms with E-state index in [1.807, 2.05) is 18.2 Å². The molecule has 0 amide bonds. The highest BCUT2D eigenvalue weighted by Gasteiger charge is 2.10. The van der Waals surface area contributed by atoms with E-state index >= 15 is 0 Å². The van der Waals surface area contributed by atoms with Gasteiger partial charge in [-0.2, -0.15) is 0 Å². The summed E-state index contributed by atoms with van der Waals surface area (Å²) < 4.78 is 7.41. The topological polar surface area (TPSA) is 29.5 Å². The lowest BCUT2D eigenvalue weighted by atomic mass is 10.2. The maximum atomic E-state index is 9.38. The molecule has 0 unspecified atom stereocenters. The van der Waals surface area contributed by atoms with E-state index in [9.17, 15) is 5.11 Å². The van der Waals surface area contributed by atoms with Crippen molar-refractivity contribution in [3.63, 3.8) is 0 Å². The Labute approximate surface area is 143 Å². The van der Waals surface area contributed by atoms with Crippen molar-refractivity contribution < 1.29 is 9.84 Å². The van der Waals surface area contributed by atoms with Crippen LogP contribution >= 0.6 is 55.1 Å². The van der Waals surface area contributed by atoms with E-state index in [4.69, 9.17) is 27.9 Å². The van der Waals surface area contributed by atoms with Crippen LogP contribution < -0.4 is 4.74 Å². The number of aliphatic hydroxyl groups excluding tert-OH is 1. The van der Waals surface area contributed by atoms with Gasteiger partial charge < -0.3 is 9.84 Å². The third-order valence-electron chi connectivity index (χ3n) is 2.62. The second kappa shape index (κ2) is 7.14. The van der Waals surface area contributed by atoms with Gasteiger partial charge in [-0.3, -0.25) is 0 Å². The zero-order valence-corrected chi connectivity index (χ0v) is 14.9. The summed E-state index contributed by atoms with van der Waals surface area (Å²) in [5, 5.41) is 10.4. The van der Waals surface area contributed by atoms with Gasteiger partial charge in [-0.1, -0.05) is 45.2 Å². The molecule has 0 aliphatic carbocycles. The summed E-state index contributed by atoms with van der Waals surface area (Å²) in [5.74, 6) is 0.613. The molecule has 106 valence electrons. The molecular weight excluding hydrogens is 431 g/mol. The molecule has 0 bridgehead atoms. The van der Waals surface area contributed by atoms with Gasteiger partial charge in [0.1, 0.15) is 12.4 Å². The molecule has 2 aromatic carbocycles. The van der Waals surface area contributed by atoms with Gasteiger partial charge in [0.2, 0.25) is 0 Å². The molecule has 0 saturated carbocycles. The van der Waals surface area contributed by atoms with Crippen LogP contribution in [0.2, 0.25) is 10.0 Å². The fourth-order valence-electron chi connectivity index (χ4n) is 1.68. The minimum atomic E-state index is -0.102. The number of aliphatic hydroxyl groups is 1. The van der Waals surface area contributed by atoms with Gasteiger partial charge in [0.25, 0.3) is 0 Å². The van der Waals surface area contributed by atoms with Crippen molar-refractivity contribution in [1.82, 2.24) is 0 Å². The molecular formula is C14H10Br2Cl2O2. The molecule has 1 N–H and O–H groups in total. The molecule has 0 saturated heterocycles. The Morgan fingerprint density at radius 3 is 2.45 bits per heavy atom. The maximum absolute atomic E-state index is 9.38. The van der Waals surface area contributed by atoms with Crippen molar-refractivity contribution in [3.8, 4) is 5.75 Å². The predicted molar refractivity (Wildman–Crippen MR) is 88.6 cm³/mol. The van der Waals surface area contributed by atoms with Gasteiger partial charge in [0.15, 0.2) is 0 Å². The van der Waals surface area contributed by atoms with Crippen molar-refractivity contribution in [2.45, 2.75) is 13.2 Å². The minimum Gasteiger partial charge on any atom is -0.487 e. The van der Waals surface area contributed by atoms with E-state index in [0.717, 1.165) is 14.5 Å². The van der Waals surface area contributed by atoms with E-state index < -0.39 is 0 Å². The molecule has 0 aromatic heterocycles. The maximum Gasteiger partial charge on any atom is 0.139 e. The highest BCUT2D eigenvalue weighted by Crippen LogP contribution is 2.34. The molecule has 2 nitrogen and oxygen atoms in total. The lowest BCUT2D eigenvalue weighted by molar-refractivity contribution is 0.258. The van der Waals surface area contributed by atoms with E-state index in [-0.39, 0.29) is 6.61 Å². The summed E-state index contributed by atoms with van der Waals surface area (Å²) in [6.07, 6.45) is 0. The molecule has 20 heavy (non-hydrogen) atoms. The van der Waals surface area contributed by atoms with E-state index in [2.05, 4.69) is 31.9 Å². The van der Waals surface area contributed by atoms with Gasteiger partial charge in [-0.05, 0) is 45.8 Å². The molecule has 6 heteroatoms. The summed E-state index contributed by atoms with van der Waals surface area (Å²) >= 11 is 18.6. The number of benzene rings is 2. The third-order valence-corrected chi connectivity index (χ3v) is 4.41. The Bertz CT molecular complexity index is 633. The number of halogens is 4.